The van der Waals surface area contributed by atoms with Gasteiger partial charge < -0.3 is 0 Å². The van der Waals surface area contributed by atoms with Gasteiger partial charge in [0.15, 0.2) is 5.17 Å². The van der Waals surface area contributed by atoms with E-state index in [4.69, 9.17) is 11.6 Å². The molecule has 0 aliphatic carbocycles. The highest BCUT2D eigenvalue weighted by Gasteiger charge is 2.30. The van der Waals surface area contributed by atoms with Crippen molar-refractivity contribution in [2.75, 3.05) is 7.05 Å². The fraction of sp³-hybridized carbons (Fsp3) is 0.0833. The molecule has 0 unspecified atom stereocenters. The zero-order valence-electron chi connectivity index (χ0n) is 16.1. The minimum absolute atomic E-state index is 0.0506. The van der Waals surface area contributed by atoms with E-state index in [1.807, 2.05) is 30.3 Å². The van der Waals surface area contributed by atoms with E-state index in [1.54, 1.807) is 24.1 Å². The summed E-state index contributed by atoms with van der Waals surface area (Å²) >= 11 is 7.30. The quantitative estimate of drug-likeness (QED) is 0.452. The van der Waals surface area contributed by atoms with E-state index in [9.17, 15) is 4.79 Å². The molecule has 5 heteroatoms. The number of amides is 1. The molecule has 0 bridgehead atoms. The topological polar surface area (TPSA) is 32.7 Å². The number of hydrogen-bond donors (Lipinski definition) is 0. The molecule has 0 radical (unpaired) electrons. The van der Waals surface area contributed by atoms with Crippen molar-refractivity contribution in [3.63, 3.8) is 0 Å². The molecule has 1 fully saturated rings. The van der Waals surface area contributed by atoms with Crippen LogP contribution in [0, 0.1) is 6.92 Å². The molecule has 1 amide bonds. The Morgan fingerprint density at radius 3 is 2.10 bits per heavy atom. The number of amidine groups is 1. The molecule has 0 spiro atoms. The highest BCUT2D eigenvalue weighted by molar-refractivity contribution is 8.18. The summed E-state index contributed by atoms with van der Waals surface area (Å²) in [6.07, 6.45) is 1.91. The summed E-state index contributed by atoms with van der Waals surface area (Å²) in [5, 5.41) is 1.31. The molecule has 3 aromatic rings. The standard InChI is InChI=1S/C24H19ClN2OS/c1-16-3-7-18(8-4-16)19-9-5-17(6-10-19)15-22-23(28)27(2)24(29-22)26-21-13-11-20(25)12-14-21/h3-15H,1-2H3/b22-15-,26-24?. The van der Waals surface area contributed by atoms with Crippen LogP contribution in [0.3, 0.4) is 0 Å². The minimum Gasteiger partial charge on any atom is -0.290 e. The second-order valence-corrected chi connectivity index (χ2v) is 8.28. The van der Waals surface area contributed by atoms with Gasteiger partial charge in [0.25, 0.3) is 5.91 Å². The molecular formula is C24H19ClN2OS. The van der Waals surface area contributed by atoms with Gasteiger partial charge in [0.1, 0.15) is 0 Å². The largest absolute Gasteiger partial charge is 0.290 e. The first-order valence-corrected chi connectivity index (χ1v) is 10.4. The van der Waals surface area contributed by atoms with Crippen LogP contribution >= 0.6 is 23.4 Å². The number of hydrogen-bond acceptors (Lipinski definition) is 3. The van der Waals surface area contributed by atoms with Gasteiger partial charge in [-0.1, -0.05) is 65.7 Å². The molecule has 144 valence electrons. The van der Waals surface area contributed by atoms with Crippen LogP contribution in [-0.4, -0.2) is 23.0 Å². The van der Waals surface area contributed by atoms with E-state index < -0.39 is 0 Å². The Morgan fingerprint density at radius 2 is 1.48 bits per heavy atom. The Morgan fingerprint density at radius 1 is 0.897 bits per heavy atom. The molecule has 4 rings (SSSR count). The van der Waals surface area contributed by atoms with E-state index in [0.717, 1.165) is 16.8 Å². The number of aryl methyl sites for hydroxylation is 1. The van der Waals surface area contributed by atoms with Gasteiger partial charge >= 0.3 is 0 Å². The molecule has 0 N–H and O–H groups in total. The van der Waals surface area contributed by atoms with Crippen LogP contribution in [0.4, 0.5) is 5.69 Å². The first-order valence-electron chi connectivity index (χ1n) is 9.18. The average Bonchev–Trinajstić information content (AvgIpc) is 2.99. The lowest BCUT2D eigenvalue weighted by Gasteiger charge is -2.07. The van der Waals surface area contributed by atoms with Crippen molar-refractivity contribution in [1.29, 1.82) is 0 Å². The maximum absolute atomic E-state index is 12.6. The number of thioether (sulfide) groups is 1. The molecule has 3 nitrogen and oxygen atoms in total. The molecule has 0 saturated carbocycles. The van der Waals surface area contributed by atoms with Crippen LogP contribution in [0.25, 0.3) is 17.2 Å². The van der Waals surface area contributed by atoms with Crippen LogP contribution in [-0.2, 0) is 4.79 Å². The fourth-order valence-electron chi connectivity index (χ4n) is 2.95. The third-order valence-electron chi connectivity index (χ3n) is 4.65. The number of benzene rings is 3. The summed E-state index contributed by atoms with van der Waals surface area (Å²) in [4.78, 5) is 19.4. The van der Waals surface area contributed by atoms with Crippen molar-refractivity contribution in [2.45, 2.75) is 6.92 Å². The normalized spacial score (nSPS) is 16.8. The third-order valence-corrected chi connectivity index (χ3v) is 5.96. The highest BCUT2D eigenvalue weighted by atomic mass is 35.5. The van der Waals surface area contributed by atoms with E-state index in [1.165, 1.54) is 22.9 Å². The van der Waals surface area contributed by atoms with Crippen LogP contribution in [0.2, 0.25) is 5.02 Å². The number of carbonyl (C=O) groups excluding carboxylic acids is 1. The SMILES string of the molecule is Cc1ccc(-c2ccc(/C=C3\SC(=Nc4ccc(Cl)cc4)N(C)C3=O)cc2)cc1. The van der Waals surface area contributed by atoms with E-state index in [-0.39, 0.29) is 5.91 Å². The van der Waals surface area contributed by atoms with Crippen molar-refractivity contribution in [3.8, 4) is 11.1 Å². The molecule has 29 heavy (non-hydrogen) atoms. The molecular weight excluding hydrogens is 400 g/mol. The number of rotatable bonds is 3. The summed E-state index contributed by atoms with van der Waals surface area (Å²) < 4.78 is 0. The van der Waals surface area contributed by atoms with Crippen molar-refractivity contribution < 1.29 is 4.79 Å². The molecule has 1 saturated heterocycles. The smallest absolute Gasteiger partial charge is 0.266 e. The van der Waals surface area contributed by atoms with E-state index in [2.05, 4.69) is 48.3 Å². The first kappa shape index (κ1) is 19.5. The summed E-state index contributed by atoms with van der Waals surface area (Å²) in [7, 11) is 1.74. The van der Waals surface area contributed by atoms with Gasteiger partial charge in [-0.2, -0.15) is 0 Å². The van der Waals surface area contributed by atoms with Gasteiger partial charge in [-0.25, -0.2) is 4.99 Å². The average molecular weight is 419 g/mol. The summed E-state index contributed by atoms with van der Waals surface area (Å²) in [6, 6.07) is 23.9. The van der Waals surface area contributed by atoms with Crippen molar-refractivity contribution in [2.24, 2.45) is 4.99 Å². The number of aliphatic imine (C=N–C) groups is 1. The van der Waals surface area contributed by atoms with Crippen LogP contribution in [0.1, 0.15) is 11.1 Å². The Balaban J connectivity index is 1.55. The van der Waals surface area contributed by atoms with Gasteiger partial charge in [0, 0.05) is 12.1 Å². The van der Waals surface area contributed by atoms with Crippen molar-refractivity contribution in [1.82, 2.24) is 4.90 Å². The van der Waals surface area contributed by atoms with Crippen LogP contribution in [0.15, 0.2) is 82.7 Å². The number of likely N-dealkylation sites (N-methyl/N-ethyl adjacent to an activating group) is 1. The van der Waals surface area contributed by atoms with Gasteiger partial charge in [-0.05, 0) is 65.7 Å². The maximum atomic E-state index is 12.6. The molecule has 1 aliphatic rings. The summed E-state index contributed by atoms with van der Waals surface area (Å²) in [5.41, 5.74) is 5.32. The zero-order valence-corrected chi connectivity index (χ0v) is 17.7. The van der Waals surface area contributed by atoms with Gasteiger partial charge in [0.2, 0.25) is 0 Å². The van der Waals surface area contributed by atoms with Gasteiger partial charge in [-0.15, -0.1) is 0 Å². The molecule has 1 aliphatic heterocycles. The Bertz CT molecular complexity index is 1100. The lowest BCUT2D eigenvalue weighted by atomic mass is 10.0. The molecule has 0 aromatic heterocycles. The molecule has 3 aromatic carbocycles. The van der Waals surface area contributed by atoms with Crippen LogP contribution < -0.4 is 0 Å². The minimum atomic E-state index is -0.0506. The highest BCUT2D eigenvalue weighted by Crippen LogP contribution is 2.33. The van der Waals surface area contributed by atoms with Crippen molar-refractivity contribution in [3.05, 3.63) is 93.9 Å². The monoisotopic (exact) mass is 418 g/mol. The van der Waals surface area contributed by atoms with E-state index >= 15 is 0 Å². The lowest BCUT2D eigenvalue weighted by Crippen LogP contribution is -2.23. The lowest BCUT2D eigenvalue weighted by molar-refractivity contribution is -0.121. The number of carbonyl (C=O) groups is 1. The van der Waals surface area contributed by atoms with Crippen molar-refractivity contribution >= 4 is 46.2 Å². The number of halogens is 1. The third kappa shape index (κ3) is 4.44. The predicted molar refractivity (Wildman–Crippen MR) is 124 cm³/mol. The summed E-state index contributed by atoms with van der Waals surface area (Å²) in [5.74, 6) is -0.0506. The molecule has 1 heterocycles. The fourth-order valence-corrected chi connectivity index (χ4v) is 4.06. The van der Waals surface area contributed by atoms with Crippen LogP contribution in [0.5, 0.6) is 0 Å². The Labute approximate surface area is 179 Å². The Hall–Kier alpha value is -2.82. The van der Waals surface area contributed by atoms with Gasteiger partial charge in [-0.3, -0.25) is 9.69 Å². The maximum Gasteiger partial charge on any atom is 0.266 e. The van der Waals surface area contributed by atoms with Gasteiger partial charge in [0.05, 0.1) is 10.6 Å². The van der Waals surface area contributed by atoms with E-state index in [0.29, 0.717) is 15.1 Å². The second kappa shape index (κ2) is 8.27. The molecule has 0 atom stereocenters. The number of nitrogens with zero attached hydrogens (tertiary/aromatic N) is 2. The first-order chi connectivity index (χ1) is 14.0. The Kier molecular flexibility index (Phi) is 5.56. The zero-order chi connectivity index (χ0) is 20.4. The summed E-state index contributed by atoms with van der Waals surface area (Å²) in [6.45, 7) is 2.08. The predicted octanol–water partition coefficient (Wildman–Crippen LogP) is 6.55. The second-order valence-electron chi connectivity index (χ2n) is 6.83.